The number of halogens is 3. The molecule has 3 aromatic rings. The number of aryl methyl sites for hydroxylation is 1. The standard InChI is InChI=1S/C22H24F3N3O3/c1-13-10-16(22(23,24)25)19-20(27-31-21(19)26-13)14-6-5-9-28(11-14)12-15-17(29-2)7-4-8-18(15)30-3/h4,7-8,10,14H,5-6,9,11-12H2,1-3H3/t14-/m1/s1. The highest BCUT2D eigenvalue weighted by Gasteiger charge is 2.37. The van der Waals surface area contributed by atoms with E-state index < -0.39 is 11.7 Å². The van der Waals surface area contributed by atoms with Crippen molar-refractivity contribution in [1.82, 2.24) is 15.0 Å². The van der Waals surface area contributed by atoms with Gasteiger partial charge in [0.2, 0.25) is 0 Å². The lowest BCUT2D eigenvalue weighted by atomic mass is 9.91. The van der Waals surface area contributed by atoms with Crippen molar-refractivity contribution in [3.8, 4) is 11.5 Å². The van der Waals surface area contributed by atoms with Crippen LogP contribution in [0.4, 0.5) is 13.2 Å². The van der Waals surface area contributed by atoms with Gasteiger partial charge in [-0.15, -0.1) is 0 Å². The minimum absolute atomic E-state index is 0.0279. The Balaban J connectivity index is 1.66. The lowest BCUT2D eigenvalue weighted by Gasteiger charge is -2.32. The topological polar surface area (TPSA) is 60.6 Å². The number of hydrogen-bond acceptors (Lipinski definition) is 6. The number of alkyl halides is 3. The molecule has 0 unspecified atom stereocenters. The predicted molar refractivity (Wildman–Crippen MR) is 108 cm³/mol. The van der Waals surface area contributed by atoms with Gasteiger partial charge in [-0.25, -0.2) is 4.98 Å². The van der Waals surface area contributed by atoms with Gasteiger partial charge in [-0.05, 0) is 44.5 Å². The smallest absolute Gasteiger partial charge is 0.417 e. The van der Waals surface area contributed by atoms with Crippen LogP contribution in [0.2, 0.25) is 0 Å². The summed E-state index contributed by atoms with van der Waals surface area (Å²) >= 11 is 0. The van der Waals surface area contributed by atoms with E-state index >= 15 is 0 Å². The maximum atomic E-state index is 13.7. The minimum atomic E-state index is -4.51. The average molecular weight is 435 g/mol. The first-order valence-corrected chi connectivity index (χ1v) is 10.1. The molecule has 0 aliphatic carbocycles. The third-order valence-electron chi connectivity index (χ3n) is 5.71. The number of pyridine rings is 1. The van der Waals surface area contributed by atoms with Crippen LogP contribution >= 0.6 is 0 Å². The maximum absolute atomic E-state index is 13.7. The molecule has 0 radical (unpaired) electrons. The number of benzene rings is 1. The van der Waals surface area contributed by atoms with Crippen LogP contribution in [0.3, 0.4) is 0 Å². The first-order valence-electron chi connectivity index (χ1n) is 10.1. The van der Waals surface area contributed by atoms with Gasteiger partial charge in [-0.1, -0.05) is 11.2 Å². The fourth-order valence-electron chi connectivity index (χ4n) is 4.33. The number of likely N-dealkylation sites (tertiary alicyclic amines) is 1. The van der Waals surface area contributed by atoms with E-state index in [1.54, 1.807) is 14.2 Å². The highest BCUT2D eigenvalue weighted by atomic mass is 19.4. The van der Waals surface area contributed by atoms with Crippen molar-refractivity contribution >= 4 is 11.1 Å². The quantitative estimate of drug-likeness (QED) is 0.565. The molecule has 4 rings (SSSR count). The molecule has 166 valence electrons. The Bertz CT molecular complexity index is 1060. The summed E-state index contributed by atoms with van der Waals surface area (Å²) in [5.41, 5.74) is 0.676. The molecule has 0 bridgehead atoms. The maximum Gasteiger partial charge on any atom is 0.417 e. The van der Waals surface area contributed by atoms with Crippen LogP contribution in [0, 0.1) is 6.92 Å². The van der Waals surface area contributed by atoms with Crippen LogP contribution in [0.1, 0.15) is 41.3 Å². The van der Waals surface area contributed by atoms with Crippen molar-refractivity contribution in [1.29, 1.82) is 0 Å². The average Bonchev–Trinajstić information content (AvgIpc) is 3.16. The van der Waals surface area contributed by atoms with Crippen molar-refractivity contribution in [2.45, 2.75) is 38.4 Å². The van der Waals surface area contributed by atoms with Gasteiger partial charge >= 0.3 is 6.18 Å². The monoisotopic (exact) mass is 435 g/mol. The fourth-order valence-corrected chi connectivity index (χ4v) is 4.33. The zero-order valence-corrected chi connectivity index (χ0v) is 17.6. The summed E-state index contributed by atoms with van der Waals surface area (Å²) in [4.78, 5) is 6.31. The predicted octanol–water partition coefficient (Wildman–Crippen LogP) is 4.95. The van der Waals surface area contributed by atoms with E-state index in [0.29, 0.717) is 30.3 Å². The van der Waals surface area contributed by atoms with Gasteiger partial charge in [0.25, 0.3) is 5.71 Å². The number of rotatable bonds is 5. The highest BCUT2D eigenvalue weighted by molar-refractivity contribution is 5.81. The molecule has 9 heteroatoms. The Morgan fingerprint density at radius 1 is 1.19 bits per heavy atom. The van der Waals surface area contributed by atoms with Gasteiger partial charge in [-0.2, -0.15) is 13.2 Å². The normalized spacial score (nSPS) is 17.8. The van der Waals surface area contributed by atoms with Crippen LogP contribution in [0.5, 0.6) is 11.5 Å². The highest BCUT2D eigenvalue weighted by Crippen LogP contribution is 2.40. The van der Waals surface area contributed by atoms with Crippen LogP contribution in [-0.4, -0.2) is 42.3 Å². The number of aromatic nitrogens is 2. The van der Waals surface area contributed by atoms with Gasteiger partial charge in [0.1, 0.15) is 11.5 Å². The number of piperidine rings is 1. The first-order chi connectivity index (χ1) is 14.8. The third kappa shape index (κ3) is 4.19. The first kappa shape index (κ1) is 21.4. The second kappa shape index (κ2) is 8.37. The van der Waals surface area contributed by atoms with Crippen molar-refractivity contribution in [2.75, 3.05) is 27.3 Å². The van der Waals surface area contributed by atoms with Gasteiger partial charge in [0.05, 0.1) is 36.4 Å². The van der Waals surface area contributed by atoms with E-state index in [0.717, 1.165) is 31.0 Å². The number of fused-ring (bicyclic) bond motifs is 1. The largest absolute Gasteiger partial charge is 0.496 e. The second-order valence-corrected chi connectivity index (χ2v) is 7.77. The molecule has 0 saturated carbocycles. The number of nitrogens with zero attached hydrogens (tertiary/aromatic N) is 3. The summed E-state index contributed by atoms with van der Waals surface area (Å²) in [5.74, 6) is 1.24. The Hall–Kier alpha value is -2.81. The summed E-state index contributed by atoms with van der Waals surface area (Å²) in [6, 6.07) is 6.65. The zero-order valence-electron chi connectivity index (χ0n) is 17.6. The molecular formula is C22H24F3N3O3. The Kier molecular flexibility index (Phi) is 5.79. The Morgan fingerprint density at radius 3 is 2.55 bits per heavy atom. The molecule has 0 N–H and O–H groups in total. The Labute approximate surface area is 177 Å². The summed E-state index contributed by atoms with van der Waals surface area (Å²) in [5, 5.41) is 4.00. The summed E-state index contributed by atoms with van der Waals surface area (Å²) in [6.45, 7) is 3.44. The molecule has 1 aliphatic rings. The van der Waals surface area contributed by atoms with E-state index in [1.807, 2.05) is 18.2 Å². The van der Waals surface area contributed by atoms with Crippen molar-refractivity contribution < 1.29 is 27.2 Å². The molecule has 0 spiro atoms. The lowest BCUT2D eigenvalue weighted by molar-refractivity contribution is -0.136. The van der Waals surface area contributed by atoms with Crippen molar-refractivity contribution in [3.63, 3.8) is 0 Å². The van der Waals surface area contributed by atoms with E-state index in [9.17, 15) is 13.2 Å². The molecule has 0 amide bonds. The van der Waals surface area contributed by atoms with Crippen LogP contribution in [-0.2, 0) is 12.7 Å². The molecule has 6 nitrogen and oxygen atoms in total. The van der Waals surface area contributed by atoms with Gasteiger partial charge < -0.3 is 14.0 Å². The number of ether oxygens (including phenoxy) is 2. The third-order valence-corrected chi connectivity index (χ3v) is 5.71. The molecule has 31 heavy (non-hydrogen) atoms. The molecule has 3 heterocycles. The van der Waals surface area contributed by atoms with Crippen LogP contribution < -0.4 is 9.47 Å². The molecule has 1 aliphatic heterocycles. The lowest BCUT2D eigenvalue weighted by Crippen LogP contribution is -2.34. The fraction of sp³-hybridized carbons (Fsp3) is 0.455. The number of hydrogen-bond donors (Lipinski definition) is 0. The van der Waals surface area contributed by atoms with Crippen molar-refractivity contribution in [2.24, 2.45) is 0 Å². The Morgan fingerprint density at radius 2 is 1.90 bits per heavy atom. The van der Waals surface area contributed by atoms with Gasteiger partial charge in [0, 0.05) is 24.7 Å². The van der Waals surface area contributed by atoms with Crippen LogP contribution in [0.25, 0.3) is 11.1 Å². The molecule has 2 aromatic heterocycles. The van der Waals surface area contributed by atoms with E-state index in [4.69, 9.17) is 14.0 Å². The second-order valence-electron chi connectivity index (χ2n) is 7.77. The minimum Gasteiger partial charge on any atom is -0.496 e. The molecular weight excluding hydrogens is 411 g/mol. The molecule has 1 aromatic carbocycles. The summed E-state index contributed by atoms with van der Waals surface area (Å²) in [6.07, 6.45) is -2.95. The zero-order chi connectivity index (χ0) is 22.2. The van der Waals surface area contributed by atoms with Gasteiger partial charge in [-0.3, -0.25) is 4.90 Å². The molecule has 1 saturated heterocycles. The van der Waals surface area contributed by atoms with E-state index in [1.165, 1.54) is 6.92 Å². The SMILES string of the molecule is COc1cccc(OC)c1CN1CCC[C@@H](c2noc3nc(C)cc(C(F)(F)F)c23)C1. The van der Waals surface area contributed by atoms with Crippen LogP contribution in [0.15, 0.2) is 28.8 Å². The van der Waals surface area contributed by atoms with E-state index in [2.05, 4.69) is 15.0 Å². The molecule has 1 fully saturated rings. The number of methoxy groups -OCH3 is 2. The molecule has 1 atom stereocenters. The van der Waals surface area contributed by atoms with Crippen molar-refractivity contribution in [3.05, 3.63) is 46.8 Å². The van der Waals surface area contributed by atoms with E-state index in [-0.39, 0.29) is 22.7 Å². The summed E-state index contributed by atoms with van der Waals surface area (Å²) < 4.78 is 57.3. The van der Waals surface area contributed by atoms with Gasteiger partial charge in [0.15, 0.2) is 0 Å². The summed E-state index contributed by atoms with van der Waals surface area (Å²) in [7, 11) is 3.21.